The number of hydrogen-bond acceptors (Lipinski definition) is 5. The maximum atomic E-state index is 6.41. The van der Waals surface area contributed by atoms with Crippen molar-refractivity contribution < 1.29 is 19.0 Å². The van der Waals surface area contributed by atoms with Crippen molar-refractivity contribution in [3.05, 3.63) is 70.8 Å². The Morgan fingerprint density at radius 1 is 0.969 bits per heavy atom. The normalized spacial score (nSPS) is 18.9. The van der Waals surface area contributed by atoms with Gasteiger partial charge < -0.3 is 19.0 Å². The molecule has 172 valence electrons. The molecule has 0 aromatic heterocycles. The van der Waals surface area contributed by atoms with Crippen molar-refractivity contribution in [2.75, 3.05) is 13.7 Å². The van der Waals surface area contributed by atoms with Crippen LogP contribution in [0.4, 0.5) is 0 Å². The van der Waals surface area contributed by atoms with Crippen molar-refractivity contribution in [2.45, 2.75) is 65.3 Å². The molecule has 3 rings (SSSR count). The van der Waals surface area contributed by atoms with Gasteiger partial charge in [0.25, 0.3) is 0 Å². The van der Waals surface area contributed by atoms with E-state index in [1.165, 1.54) is 5.56 Å². The van der Waals surface area contributed by atoms with Gasteiger partial charge in [0.05, 0.1) is 25.0 Å². The van der Waals surface area contributed by atoms with Crippen molar-refractivity contribution >= 4 is 6.21 Å². The molecule has 0 unspecified atom stereocenters. The third kappa shape index (κ3) is 7.13. The first-order valence-electron chi connectivity index (χ1n) is 11.4. The number of ether oxygens (including phenoxy) is 3. The van der Waals surface area contributed by atoms with Crippen molar-refractivity contribution in [2.24, 2.45) is 5.16 Å². The summed E-state index contributed by atoms with van der Waals surface area (Å²) in [5, 5.41) is 3.78. The van der Waals surface area contributed by atoms with Gasteiger partial charge in [-0.3, -0.25) is 0 Å². The highest BCUT2D eigenvalue weighted by Gasteiger charge is 2.24. The Kier molecular flexibility index (Phi) is 9.17. The van der Waals surface area contributed by atoms with Crippen LogP contribution in [0.3, 0.4) is 0 Å². The largest absolute Gasteiger partial charge is 0.490 e. The van der Waals surface area contributed by atoms with Crippen LogP contribution in [0.15, 0.2) is 53.7 Å². The topological polar surface area (TPSA) is 49.3 Å². The molecule has 0 bridgehead atoms. The van der Waals surface area contributed by atoms with Crippen LogP contribution in [0.5, 0.6) is 11.5 Å². The SMILES string of the molecule is C/C=C/COc1cc(C)c(OC2CCC(OCc3ccc(/C=N/OC)cc3)CC2)c(C)c1. The van der Waals surface area contributed by atoms with Crippen molar-refractivity contribution in [3.63, 3.8) is 0 Å². The lowest BCUT2D eigenvalue weighted by Gasteiger charge is -2.30. The molecular weight excluding hydrogens is 402 g/mol. The van der Waals surface area contributed by atoms with Gasteiger partial charge in [-0.1, -0.05) is 41.6 Å². The quantitative estimate of drug-likeness (QED) is 0.254. The van der Waals surface area contributed by atoms with Crippen LogP contribution in [0.1, 0.15) is 54.9 Å². The third-order valence-electron chi connectivity index (χ3n) is 5.69. The Morgan fingerprint density at radius 2 is 1.62 bits per heavy atom. The summed E-state index contributed by atoms with van der Waals surface area (Å²) in [5.41, 5.74) is 4.42. The van der Waals surface area contributed by atoms with Gasteiger partial charge in [0.2, 0.25) is 0 Å². The average molecular weight is 438 g/mol. The maximum Gasteiger partial charge on any atom is 0.125 e. The molecule has 0 N–H and O–H groups in total. The molecule has 2 aromatic rings. The second kappa shape index (κ2) is 12.3. The van der Waals surface area contributed by atoms with E-state index in [4.69, 9.17) is 19.0 Å². The minimum Gasteiger partial charge on any atom is -0.490 e. The number of rotatable bonds is 10. The Hall–Kier alpha value is -2.79. The molecule has 5 heteroatoms. The number of benzene rings is 2. The highest BCUT2D eigenvalue weighted by Crippen LogP contribution is 2.32. The van der Waals surface area contributed by atoms with Crippen LogP contribution in [-0.2, 0) is 16.2 Å². The fraction of sp³-hybridized carbons (Fsp3) is 0.444. The molecular formula is C27H35NO4. The molecule has 0 atom stereocenters. The Morgan fingerprint density at radius 3 is 2.25 bits per heavy atom. The minimum atomic E-state index is 0.237. The van der Waals surface area contributed by atoms with Crippen molar-refractivity contribution in [1.29, 1.82) is 0 Å². The number of oxime groups is 1. The van der Waals surface area contributed by atoms with E-state index in [0.29, 0.717) is 13.2 Å². The predicted octanol–water partition coefficient (Wildman–Crippen LogP) is 6.15. The molecule has 32 heavy (non-hydrogen) atoms. The van der Waals surface area contributed by atoms with E-state index in [1.54, 1.807) is 13.3 Å². The molecule has 1 fully saturated rings. The molecule has 2 aromatic carbocycles. The molecule has 0 saturated heterocycles. The summed E-state index contributed by atoms with van der Waals surface area (Å²) in [6.45, 7) is 7.39. The summed E-state index contributed by atoms with van der Waals surface area (Å²) in [7, 11) is 1.54. The number of hydrogen-bond donors (Lipinski definition) is 0. The first-order chi connectivity index (χ1) is 15.6. The summed E-state index contributed by atoms with van der Waals surface area (Å²) in [4.78, 5) is 4.71. The zero-order chi connectivity index (χ0) is 22.8. The monoisotopic (exact) mass is 437 g/mol. The van der Waals surface area contributed by atoms with Gasteiger partial charge in [-0.15, -0.1) is 0 Å². The molecule has 1 aliphatic carbocycles. The maximum absolute atomic E-state index is 6.41. The van der Waals surface area contributed by atoms with E-state index < -0.39 is 0 Å². The molecule has 0 spiro atoms. The fourth-order valence-electron chi connectivity index (χ4n) is 3.93. The van der Waals surface area contributed by atoms with E-state index in [2.05, 4.69) is 43.3 Å². The summed E-state index contributed by atoms with van der Waals surface area (Å²) in [6, 6.07) is 12.3. The first-order valence-corrected chi connectivity index (χ1v) is 11.4. The predicted molar refractivity (Wildman–Crippen MR) is 129 cm³/mol. The van der Waals surface area contributed by atoms with Crippen LogP contribution in [0.25, 0.3) is 0 Å². The fourth-order valence-corrected chi connectivity index (χ4v) is 3.93. The van der Waals surface area contributed by atoms with Crippen molar-refractivity contribution in [3.8, 4) is 11.5 Å². The van der Waals surface area contributed by atoms with Crippen LogP contribution >= 0.6 is 0 Å². The van der Waals surface area contributed by atoms with E-state index >= 15 is 0 Å². The lowest BCUT2D eigenvalue weighted by Crippen LogP contribution is -2.28. The molecule has 0 radical (unpaired) electrons. The summed E-state index contributed by atoms with van der Waals surface area (Å²) < 4.78 is 18.4. The number of aryl methyl sites for hydroxylation is 2. The van der Waals surface area contributed by atoms with Gasteiger partial charge in [-0.25, -0.2) is 0 Å². The average Bonchev–Trinajstić information content (AvgIpc) is 2.80. The van der Waals surface area contributed by atoms with Crippen LogP contribution in [0.2, 0.25) is 0 Å². The van der Waals surface area contributed by atoms with E-state index in [9.17, 15) is 0 Å². The second-order valence-electron chi connectivity index (χ2n) is 8.25. The van der Waals surface area contributed by atoms with E-state index in [1.807, 2.05) is 31.2 Å². The molecule has 0 amide bonds. The highest BCUT2D eigenvalue weighted by atomic mass is 16.6. The van der Waals surface area contributed by atoms with Gasteiger partial charge in [0, 0.05) is 0 Å². The molecule has 1 aliphatic rings. The van der Waals surface area contributed by atoms with Gasteiger partial charge in [-0.2, -0.15) is 0 Å². The first kappa shape index (κ1) is 23.9. The Balaban J connectivity index is 1.45. The lowest BCUT2D eigenvalue weighted by molar-refractivity contribution is -0.00682. The van der Waals surface area contributed by atoms with E-state index in [0.717, 1.165) is 53.9 Å². The highest BCUT2D eigenvalue weighted by molar-refractivity contribution is 5.79. The van der Waals surface area contributed by atoms with Gasteiger partial charge >= 0.3 is 0 Å². The van der Waals surface area contributed by atoms with E-state index in [-0.39, 0.29) is 12.2 Å². The van der Waals surface area contributed by atoms with Gasteiger partial charge in [0.15, 0.2) is 0 Å². The second-order valence-corrected chi connectivity index (χ2v) is 8.25. The zero-order valence-electron chi connectivity index (χ0n) is 19.7. The van der Waals surface area contributed by atoms with Crippen LogP contribution in [0, 0.1) is 13.8 Å². The summed E-state index contributed by atoms with van der Waals surface area (Å²) in [6.07, 6.45) is 10.3. The third-order valence-corrected chi connectivity index (χ3v) is 5.69. The van der Waals surface area contributed by atoms with Crippen LogP contribution in [-0.4, -0.2) is 32.1 Å². The summed E-state index contributed by atoms with van der Waals surface area (Å²) >= 11 is 0. The molecule has 1 saturated carbocycles. The van der Waals surface area contributed by atoms with Crippen LogP contribution < -0.4 is 9.47 Å². The number of nitrogens with zero attached hydrogens (tertiary/aromatic N) is 1. The summed E-state index contributed by atoms with van der Waals surface area (Å²) in [5.74, 6) is 1.88. The minimum absolute atomic E-state index is 0.237. The van der Waals surface area contributed by atoms with Crippen molar-refractivity contribution in [1.82, 2.24) is 0 Å². The molecule has 0 aliphatic heterocycles. The van der Waals surface area contributed by atoms with Gasteiger partial charge in [0.1, 0.15) is 25.2 Å². The molecule has 5 nitrogen and oxygen atoms in total. The Labute approximate surface area is 192 Å². The smallest absolute Gasteiger partial charge is 0.125 e. The lowest BCUT2D eigenvalue weighted by atomic mass is 9.94. The zero-order valence-corrected chi connectivity index (χ0v) is 19.7. The Bertz CT molecular complexity index is 873. The number of allylic oxidation sites excluding steroid dienone is 1. The molecule has 0 heterocycles. The van der Waals surface area contributed by atoms with Gasteiger partial charge in [-0.05, 0) is 80.8 Å². The standard InChI is InChI=1S/C27H35NO4/c1-5-6-15-30-26-16-20(2)27(21(3)17-26)32-25-13-11-24(12-14-25)31-19-23-9-7-22(8-10-23)18-28-29-4/h5-10,16-18,24-25H,11-15,19H2,1-4H3/b6-5+,28-18+.